The van der Waals surface area contributed by atoms with Crippen LogP contribution in [0.4, 0.5) is 0 Å². The lowest BCUT2D eigenvalue weighted by molar-refractivity contribution is 0.378. The van der Waals surface area contributed by atoms with Crippen LogP contribution in [0.5, 0.6) is 11.5 Å². The van der Waals surface area contributed by atoms with Gasteiger partial charge in [-0.1, -0.05) is 0 Å². The van der Waals surface area contributed by atoms with Gasteiger partial charge < -0.3 is 14.8 Å². The Balaban J connectivity index is 2.30. The summed E-state index contributed by atoms with van der Waals surface area (Å²) in [6.07, 6.45) is 0. The van der Waals surface area contributed by atoms with Crippen molar-refractivity contribution in [2.45, 2.75) is 26.4 Å². The molecule has 0 spiro atoms. The minimum absolute atomic E-state index is 0.115. The van der Waals surface area contributed by atoms with E-state index < -0.39 is 0 Å². The summed E-state index contributed by atoms with van der Waals surface area (Å²) in [5, 5.41) is 7.86. The highest BCUT2D eigenvalue weighted by atomic mass is 16.5. The van der Waals surface area contributed by atoms with Gasteiger partial charge in [-0.15, -0.1) is 0 Å². The Labute approximate surface area is 125 Å². The monoisotopic (exact) mass is 289 g/mol. The third-order valence-corrected chi connectivity index (χ3v) is 3.62. The lowest BCUT2D eigenvalue weighted by Crippen LogP contribution is -2.23. The predicted octanol–water partition coefficient (Wildman–Crippen LogP) is 2.48. The maximum atomic E-state index is 5.49. The van der Waals surface area contributed by atoms with Gasteiger partial charge in [0.15, 0.2) is 0 Å². The first-order valence-corrected chi connectivity index (χ1v) is 6.99. The topological polar surface area (TPSA) is 48.3 Å². The quantitative estimate of drug-likeness (QED) is 0.887. The van der Waals surface area contributed by atoms with Crippen molar-refractivity contribution in [2.24, 2.45) is 0 Å². The molecule has 1 heterocycles. The van der Waals surface area contributed by atoms with Crippen molar-refractivity contribution >= 4 is 0 Å². The highest BCUT2D eigenvalue weighted by Crippen LogP contribution is 2.30. The van der Waals surface area contributed by atoms with Crippen LogP contribution in [0.3, 0.4) is 0 Å². The average molecular weight is 289 g/mol. The van der Waals surface area contributed by atoms with Crippen LogP contribution in [-0.4, -0.2) is 31.0 Å². The van der Waals surface area contributed by atoms with E-state index in [2.05, 4.69) is 23.4 Å². The van der Waals surface area contributed by atoms with Gasteiger partial charge >= 0.3 is 0 Å². The van der Waals surface area contributed by atoms with Gasteiger partial charge in [-0.2, -0.15) is 5.10 Å². The Kier molecular flexibility index (Phi) is 4.85. The van der Waals surface area contributed by atoms with E-state index in [0.717, 1.165) is 35.0 Å². The number of hydrogen-bond donors (Lipinski definition) is 1. The molecule has 114 valence electrons. The lowest BCUT2D eigenvalue weighted by atomic mass is 10.1. The van der Waals surface area contributed by atoms with Crippen molar-refractivity contribution < 1.29 is 9.47 Å². The Morgan fingerprint density at radius 2 is 1.95 bits per heavy atom. The fourth-order valence-electron chi connectivity index (χ4n) is 2.48. The minimum atomic E-state index is 0.115. The van der Waals surface area contributed by atoms with Crippen molar-refractivity contribution in [2.75, 3.05) is 21.3 Å². The van der Waals surface area contributed by atoms with Crippen LogP contribution in [0.2, 0.25) is 0 Å². The van der Waals surface area contributed by atoms with Crippen molar-refractivity contribution in [1.29, 1.82) is 0 Å². The first-order valence-electron chi connectivity index (χ1n) is 6.99. The van der Waals surface area contributed by atoms with Crippen LogP contribution in [0.1, 0.15) is 23.0 Å². The van der Waals surface area contributed by atoms with Crippen molar-refractivity contribution in [3.63, 3.8) is 0 Å². The molecule has 0 radical (unpaired) electrons. The number of aryl methyl sites for hydroxylation is 2. The number of likely N-dealkylation sites (N-methyl/N-ethyl adjacent to an activating group) is 1. The highest BCUT2D eigenvalue weighted by Gasteiger charge is 2.17. The molecular formula is C16H23N3O2. The number of nitrogens with zero attached hydrogens (tertiary/aromatic N) is 2. The zero-order valence-electron chi connectivity index (χ0n) is 13.3. The van der Waals surface area contributed by atoms with Crippen LogP contribution in [0, 0.1) is 13.8 Å². The van der Waals surface area contributed by atoms with Gasteiger partial charge in [-0.3, -0.25) is 4.68 Å². The van der Waals surface area contributed by atoms with Crippen LogP contribution in [0.15, 0.2) is 24.3 Å². The Morgan fingerprint density at radius 1 is 1.19 bits per heavy atom. The number of aromatic nitrogens is 2. The Morgan fingerprint density at radius 3 is 2.48 bits per heavy atom. The highest BCUT2D eigenvalue weighted by molar-refractivity contribution is 5.42. The third-order valence-electron chi connectivity index (χ3n) is 3.62. The predicted molar refractivity (Wildman–Crippen MR) is 83.0 cm³/mol. The minimum Gasteiger partial charge on any atom is -0.497 e. The van der Waals surface area contributed by atoms with Gasteiger partial charge in [0, 0.05) is 17.3 Å². The van der Waals surface area contributed by atoms with E-state index in [0.29, 0.717) is 0 Å². The summed E-state index contributed by atoms with van der Waals surface area (Å²) in [6.45, 7) is 4.82. The molecule has 1 atom stereocenters. The molecule has 0 bridgehead atoms. The largest absolute Gasteiger partial charge is 0.497 e. The molecule has 0 saturated carbocycles. The number of methoxy groups -OCH3 is 2. The zero-order chi connectivity index (χ0) is 15.4. The first kappa shape index (κ1) is 15.4. The van der Waals surface area contributed by atoms with Gasteiger partial charge in [-0.05, 0) is 39.1 Å². The standard InChI is InChI=1S/C16H23N3O2/c1-11-8-12(2)19(18-11)10-15(17-3)14-7-6-13(20-4)9-16(14)21-5/h6-9,15,17H,10H2,1-5H3. The molecule has 2 aromatic rings. The number of rotatable bonds is 6. The Hall–Kier alpha value is -2.01. The molecule has 0 aliphatic heterocycles. The molecule has 0 aliphatic carbocycles. The van der Waals surface area contributed by atoms with Gasteiger partial charge in [0.1, 0.15) is 11.5 Å². The van der Waals surface area contributed by atoms with Gasteiger partial charge in [0.25, 0.3) is 0 Å². The van der Waals surface area contributed by atoms with Gasteiger partial charge in [-0.25, -0.2) is 0 Å². The second-order valence-corrected chi connectivity index (χ2v) is 5.06. The normalized spacial score (nSPS) is 12.2. The summed E-state index contributed by atoms with van der Waals surface area (Å²) >= 11 is 0. The second-order valence-electron chi connectivity index (χ2n) is 5.06. The molecule has 0 saturated heterocycles. The molecule has 1 aromatic heterocycles. The van der Waals surface area contributed by atoms with E-state index in [-0.39, 0.29) is 6.04 Å². The lowest BCUT2D eigenvalue weighted by Gasteiger charge is -2.20. The fourth-order valence-corrected chi connectivity index (χ4v) is 2.48. The number of hydrogen-bond acceptors (Lipinski definition) is 4. The summed E-state index contributed by atoms with van der Waals surface area (Å²) in [7, 11) is 5.27. The van der Waals surface area contributed by atoms with Gasteiger partial charge in [0.05, 0.1) is 32.5 Å². The second kappa shape index (κ2) is 6.63. The van der Waals surface area contributed by atoms with E-state index in [1.54, 1.807) is 14.2 Å². The van der Waals surface area contributed by atoms with E-state index in [4.69, 9.17) is 9.47 Å². The molecule has 5 heteroatoms. The molecule has 5 nitrogen and oxygen atoms in total. The smallest absolute Gasteiger partial charge is 0.127 e. The van der Waals surface area contributed by atoms with Crippen LogP contribution in [0.25, 0.3) is 0 Å². The maximum absolute atomic E-state index is 5.49. The summed E-state index contributed by atoms with van der Waals surface area (Å²) in [5.41, 5.74) is 3.28. The SMILES string of the molecule is CNC(Cn1nc(C)cc1C)c1ccc(OC)cc1OC. The van der Waals surface area contributed by atoms with Gasteiger partial charge in [0.2, 0.25) is 0 Å². The molecular weight excluding hydrogens is 266 g/mol. The molecule has 1 unspecified atom stereocenters. The summed E-state index contributed by atoms with van der Waals surface area (Å²) in [5.74, 6) is 1.60. The van der Waals surface area contributed by atoms with E-state index in [9.17, 15) is 0 Å². The van der Waals surface area contributed by atoms with E-state index in [1.165, 1.54) is 0 Å². The first-order chi connectivity index (χ1) is 10.1. The molecule has 0 aliphatic rings. The van der Waals surface area contributed by atoms with Crippen molar-refractivity contribution in [3.05, 3.63) is 41.2 Å². The van der Waals surface area contributed by atoms with Crippen molar-refractivity contribution in [1.82, 2.24) is 15.1 Å². The third kappa shape index (κ3) is 3.36. The molecule has 0 amide bonds. The van der Waals surface area contributed by atoms with E-state index >= 15 is 0 Å². The average Bonchev–Trinajstić information content (AvgIpc) is 2.81. The molecule has 0 fully saturated rings. The number of benzene rings is 1. The zero-order valence-corrected chi connectivity index (χ0v) is 13.3. The van der Waals surface area contributed by atoms with Crippen LogP contribution in [-0.2, 0) is 6.54 Å². The maximum Gasteiger partial charge on any atom is 0.127 e. The molecule has 21 heavy (non-hydrogen) atoms. The molecule has 2 rings (SSSR count). The van der Waals surface area contributed by atoms with E-state index in [1.807, 2.05) is 36.9 Å². The fraction of sp³-hybridized carbons (Fsp3) is 0.438. The molecule has 1 N–H and O–H groups in total. The summed E-state index contributed by atoms with van der Waals surface area (Å²) in [4.78, 5) is 0. The number of nitrogens with one attached hydrogen (secondary N) is 1. The summed E-state index contributed by atoms with van der Waals surface area (Å²) in [6, 6.07) is 8.08. The summed E-state index contributed by atoms with van der Waals surface area (Å²) < 4.78 is 12.8. The Bertz CT molecular complexity index is 608. The van der Waals surface area contributed by atoms with Crippen LogP contribution >= 0.6 is 0 Å². The van der Waals surface area contributed by atoms with Crippen LogP contribution < -0.4 is 14.8 Å². The van der Waals surface area contributed by atoms with Crippen molar-refractivity contribution in [3.8, 4) is 11.5 Å². The number of ether oxygens (including phenoxy) is 2. The molecule has 1 aromatic carbocycles.